The number of benzene rings is 2. The molecule has 2 aromatic rings. The number of hydrogen-bond acceptors (Lipinski definition) is 1. The number of fused-ring (bicyclic) bond motifs is 1. The van der Waals surface area contributed by atoms with E-state index in [9.17, 15) is 4.79 Å². The van der Waals surface area contributed by atoms with Crippen LogP contribution in [0, 0.1) is 0 Å². The molecule has 25 heavy (non-hydrogen) atoms. The van der Waals surface area contributed by atoms with E-state index in [0.29, 0.717) is 5.56 Å². The summed E-state index contributed by atoms with van der Waals surface area (Å²) in [5.41, 5.74) is 7.66. The summed E-state index contributed by atoms with van der Waals surface area (Å²) in [6, 6.07) is 14.5. The molecule has 1 aliphatic carbocycles. The molecule has 0 amide bonds. The Kier molecular flexibility index (Phi) is 4.45. The lowest BCUT2D eigenvalue weighted by Gasteiger charge is -2.42. The highest BCUT2D eigenvalue weighted by Crippen LogP contribution is 2.46. The summed E-state index contributed by atoms with van der Waals surface area (Å²) in [5, 5.41) is 0. The third kappa shape index (κ3) is 3.46. The standard InChI is InChI=1S/C24H27O/c1-17(14-18-6-8-19(16-25)9-7-18)20-10-11-21-22(15-20)24(4,5)13-12-23(21,2)3/h6-11,14-15H,12-13H2,1-5H3/b17-14+. The zero-order valence-electron chi connectivity index (χ0n) is 15.9. The lowest BCUT2D eigenvalue weighted by Crippen LogP contribution is -2.33. The monoisotopic (exact) mass is 331 g/mol. The highest BCUT2D eigenvalue weighted by molar-refractivity contribution is 5.82. The van der Waals surface area contributed by atoms with Gasteiger partial charge in [0.1, 0.15) is 0 Å². The van der Waals surface area contributed by atoms with Crippen molar-refractivity contribution in [3.05, 3.63) is 70.3 Å². The van der Waals surface area contributed by atoms with Gasteiger partial charge in [0.25, 0.3) is 0 Å². The summed E-state index contributed by atoms with van der Waals surface area (Å²) in [5.74, 6) is 0. The Morgan fingerprint density at radius 2 is 1.52 bits per heavy atom. The molecule has 2 aromatic carbocycles. The molecule has 0 atom stereocenters. The highest BCUT2D eigenvalue weighted by Gasteiger charge is 2.36. The molecule has 1 aliphatic rings. The molecule has 129 valence electrons. The Labute approximate surface area is 151 Å². The minimum Gasteiger partial charge on any atom is -0.285 e. The molecule has 0 N–H and O–H groups in total. The fourth-order valence-electron chi connectivity index (χ4n) is 3.81. The second-order valence-electron chi connectivity index (χ2n) is 8.58. The Morgan fingerprint density at radius 3 is 2.12 bits per heavy atom. The molecule has 0 fully saturated rings. The van der Waals surface area contributed by atoms with E-state index in [1.807, 2.05) is 30.6 Å². The van der Waals surface area contributed by atoms with Crippen molar-refractivity contribution < 1.29 is 4.79 Å². The summed E-state index contributed by atoms with van der Waals surface area (Å²) < 4.78 is 0. The fraction of sp³-hybridized carbons (Fsp3) is 0.375. The van der Waals surface area contributed by atoms with Crippen molar-refractivity contribution in [3.63, 3.8) is 0 Å². The van der Waals surface area contributed by atoms with Crippen molar-refractivity contribution in [3.8, 4) is 0 Å². The first-order valence-corrected chi connectivity index (χ1v) is 9.05. The molecule has 1 heteroatoms. The van der Waals surface area contributed by atoms with Gasteiger partial charge < -0.3 is 0 Å². The van der Waals surface area contributed by atoms with E-state index in [4.69, 9.17) is 0 Å². The van der Waals surface area contributed by atoms with E-state index in [0.717, 1.165) is 5.56 Å². The number of allylic oxidation sites excluding steroid dienone is 1. The molecule has 1 nitrogen and oxygen atoms in total. The topological polar surface area (TPSA) is 17.1 Å². The lowest BCUT2D eigenvalue weighted by molar-refractivity contribution is 0.332. The van der Waals surface area contributed by atoms with Crippen LogP contribution in [0.4, 0.5) is 0 Å². The largest absolute Gasteiger partial charge is 0.285 e. The molecule has 0 aliphatic heterocycles. The van der Waals surface area contributed by atoms with Gasteiger partial charge in [0, 0.05) is 5.56 Å². The number of rotatable bonds is 3. The average molecular weight is 331 g/mol. The molecule has 1 radical (unpaired) electrons. The maximum Gasteiger partial charge on any atom is 0.233 e. The highest BCUT2D eigenvalue weighted by atomic mass is 16.1. The molecule has 0 bridgehead atoms. The van der Waals surface area contributed by atoms with Gasteiger partial charge in [0.05, 0.1) is 0 Å². The van der Waals surface area contributed by atoms with Gasteiger partial charge in [0.15, 0.2) is 0 Å². The maximum atomic E-state index is 10.7. The fourth-order valence-corrected chi connectivity index (χ4v) is 3.81. The van der Waals surface area contributed by atoms with Gasteiger partial charge in [-0.1, -0.05) is 76.2 Å². The van der Waals surface area contributed by atoms with Crippen LogP contribution in [-0.4, -0.2) is 6.29 Å². The molecule has 0 unspecified atom stereocenters. The van der Waals surface area contributed by atoms with Crippen LogP contribution in [0.3, 0.4) is 0 Å². The first-order chi connectivity index (χ1) is 11.7. The molecule has 0 saturated carbocycles. The van der Waals surface area contributed by atoms with Gasteiger partial charge in [-0.15, -0.1) is 0 Å². The molecular weight excluding hydrogens is 304 g/mol. The van der Waals surface area contributed by atoms with Crippen LogP contribution in [0.15, 0.2) is 42.5 Å². The Morgan fingerprint density at radius 1 is 0.920 bits per heavy atom. The van der Waals surface area contributed by atoms with E-state index in [1.54, 1.807) is 0 Å². The van der Waals surface area contributed by atoms with Gasteiger partial charge in [-0.3, -0.25) is 4.79 Å². The summed E-state index contributed by atoms with van der Waals surface area (Å²) in [6.07, 6.45) is 6.56. The van der Waals surface area contributed by atoms with Gasteiger partial charge >= 0.3 is 0 Å². The normalized spacial score (nSPS) is 18.5. The lowest BCUT2D eigenvalue weighted by atomic mass is 9.63. The predicted molar refractivity (Wildman–Crippen MR) is 107 cm³/mol. The second-order valence-corrected chi connectivity index (χ2v) is 8.58. The van der Waals surface area contributed by atoms with Crippen LogP contribution in [0.5, 0.6) is 0 Å². The minimum absolute atomic E-state index is 0.225. The molecule has 0 saturated heterocycles. The zero-order valence-corrected chi connectivity index (χ0v) is 15.9. The van der Waals surface area contributed by atoms with Crippen molar-refractivity contribution in [1.82, 2.24) is 0 Å². The van der Waals surface area contributed by atoms with Gasteiger partial charge in [-0.05, 0) is 58.4 Å². The van der Waals surface area contributed by atoms with Gasteiger partial charge in [-0.2, -0.15) is 0 Å². The molecular formula is C24H27O. The van der Waals surface area contributed by atoms with Crippen LogP contribution in [0.1, 0.15) is 75.3 Å². The van der Waals surface area contributed by atoms with Crippen molar-refractivity contribution in [2.45, 2.75) is 58.3 Å². The van der Waals surface area contributed by atoms with Crippen molar-refractivity contribution in [2.24, 2.45) is 0 Å². The summed E-state index contributed by atoms with van der Waals surface area (Å²) in [6.45, 7) is 11.6. The number of hydrogen-bond donors (Lipinski definition) is 0. The molecule has 0 aromatic heterocycles. The van der Waals surface area contributed by atoms with E-state index in [1.165, 1.54) is 35.1 Å². The quantitative estimate of drug-likeness (QED) is 0.625. The summed E-state index contributed by atoms with van der Waals surface area (Å²) >= 11 is 0. The van der Waals surface area contributed by atoms with Gasteiger partial charge in [-0.25, -0.2) is 0 Å². The van der Waals surface area contributed by atoms with E-state index in [-0.39, 0.29) is 10.8 Å². The number of carbonyl (C=O) groups excluding carboxylic acids is 1. The predicted octanol–water partition coefficient (Wildman–Crippen LogP) is 6.05. The third-order valence-corrected chi connectivity index (χ3v) is 5.72. The Hall–Kier alpha value is -2.15. The average Bonchev–Trinajstić information content (AvgIpc) is 2.59. The van der Waals surface area contributed by atoms with E-state index < -0.39 is 0 Å². The van der Waals surface area contributed by atoms with Crippen molar-refractivity contribution in [1.29, 1.82) is 0 Å². The van der Waals surface area contributed by atoms with Crippen LogP contribution < -0.4 is 0 Å². The van der Waals surface area contributed by atoms with Crippen LogP contribution in [0.25, 0.3) is 11.6 Å². The first kappa shape index (κ1) is 17.7. The molecule has 0 spiro atoms. The van der Waals surface area contributed by atoms with E-state index >= 15 is 0 Å². The van der Waals surface area contributed by atoms with Crippen LogP contribution >= 0.6 is 0 Å². The Balaban J connectivity index is 2.00. The smallest absolute Gasteiger partial charge is 0.233 e. The second kappa shape index (κ2) is 6.29. The first-order valence-electron chi connectivity index (χ1n) is 9.05. The van der Waals surface area contributed by atoms with Gasteiger partial charge in [0.2, 0.25) is 6.29 Å². The van der Waals surface area contributed by atoms with Crippen LogP contribution in [0.2, 0.25) is 0 Å². The summed E-state index contributed by atoms with van der Waals surface area (Å²) in [7, 11) is 0. The molecule has 3 rings (SSSR count). The third-order valence-electron chi connectivity index (χ3n) is 5.72. The van der Waals surface area contributed by atoms with E-state index in [2.05, 4.69) is 58.9 Å². The molecule has 0 heterocycles. The summed E-state index contributed by atoms with van der Waals surface area (Å²) in [4.78, 5) is 10.7. The maximum absolute atomic E-state index is 10.7. The van der Waals surface area contributed by atoms with Crippen molar-refractivity contribution >= 4 is 17.9 Å². The zero-order chi connectivity index (χ0) is 18.2. The van der Waals surface area contributed by atoms with Crippen molar-refractivity contribution in [2.75, 3.05) is 0 Å². The SMILES string of the molecule is C/C(=C\c1ccc([C]=O)cc1)c1ccc2c(c1)C(C)(C)CCC2(C)C. The van der Waals surface area contributed by atoms with Crippen LogP contribution in [-0.2, 0) is 15.6 Å². The Bertz CT molecular complexity index is 820. The minimum atomic E-state index is 0.225.